The second-order valence-corrected chi connectivity index (χ2v) is 10.6. The summed E-state index contributed by atoms with van der Waals surface area (Å²) >= 11 is 0. The van der Waals surface area contributed by atoms with E-state index in [2.05, 4.69) is 18.4 Å². The van der Waals surface area contributed by atoms with Crippen LogP contribution in [0.4, 0.5) is 8.78 Å². The van der Waals surface area contributed by atoms with Crippen LogP contribution in [0.5, 0.6) is 0 Å². The summed E-state index contributed by atoms with van der Waals surface area (Å²) in [5.74, 6) is -1.43. The van der Waals surface area contributed by atoms with Gasteiger partial charge in [0.25, 0.3) is 0 Å². The van der Waals surface area contributed by atoms with Gasteiger partial charge in [0.1, 0.15) is 11.6 Å². The van der Waals surface area contributed by atoms with E-state index in [1.54, 1.807) is 25.1 Å². The number of hydrogen-bond donors (Lipinski definition) is 1. The Morgan fingerprint density at radius 2 is 1.84 bits per heavy atom. The van der Waals surface area contributed by atoms with E-state index in [0.717, 1.165) is 27.8 Å². The molecule has 1 saturated carbocycles. The molecule has 1 spiro atoms. The Labute approximate surface area is 185 Å². The molecule has 2 aliphatic rings. The van der Waals surface area contributed by atoms with Crippen molar-refractivity contribution >= 4 is 16.9 Å². The SMILES string of the molecule is Cc1cc(-n2c3c(c4cc(F)ccc42)C2(CC(C)(CC(=O)O)C2)OCC3(C)C)ccc1F. The highest BCUT2D eigenvalue weighted by molar-refractivity contribution is 5.89. The molecule has 0 amide bonds. The van der Waals surface area contributed by atoms with Crippen molar-refractivity contribution in [2.75, 3.05) is 6.61 Å². The third-order valence-corrected chi connectivity index (χ3v) is 7.14. The van der Waals surface area contributed by atoms with E-state index in [-0.39, 0.29) is 28.9 Å². The molecule has 0 radical (unpaired) electrons. The first-order valence-electron chi connectivity index (χ1n) is 10.9. The van der Waals surface area contributed by atoms with E-state index in [0.29, 0.717) is 25.0 Å². The van der Waals surface area contributed by atoms with Gasteiger partial charge < -0.3 is 14.4 Å². The second-order valence-electron chi connectivity index (χ2n) is 10.6. The summed E-state index contributed by atoms with van der Waals surface area (Å²) in [6, 6.07) is 9.77. The third-order valence-electron chi connectivity index (χ3n) is 7.14. The molecule has 2 aromatic carbocycles. The van der Waals surface area contributed by atoms with Gasteiger partial charge in [0.15, 0.2) is 0 Å². The standard InChI is InChI=1S/C26H27F2NO3/c1-15-9-17(6-7-19(15)28)29-20-8-5-16(27)10-18(20)22-23(29)24(2,3)14-32-26(22)12-25(4,13-26)11-21(30)31/h5-10H,11-14H2,1-4H3,(H,30,31). The van der Waals surface area contributed by atoms with Gasteiger partial charge in [-0.1, -0.05) is 20.8 Å². The van der Waals surface area contributed by atoms with Gasteiger partial charge in [-0.2, -0.15) is 0 Å². The molecule has 1 fully saturated rings. The van der Waals surface area contributed by atoms with Crippen LogP contribution in [0, 0.1) is 24.0 Å². The van der Waals surface area contributed by atoms with Crippen molar-refractivity contribution in [2.45, 2.75) is 58.0 Å². The number of benzene rings is 2. The number of hydrogen-bond acceptors (Lipinski definition) is 2. The van der Waals surface area contributed by atoms with Gasteiger partial charge in [-0.25, -0.2) is 8.78 Å². The molecule has 4 nitrogen and oxygen atoms in total. The Kier molecular flexibility index (Phi) is 4.38. The summed E-state index contributed by atoms with van der Waals surface area (Å²) in [4.78, 5) is 11.4. The number of carboxylic acid groups (broad SMARTS) is 1. The van der Waals surface area contributed by atoms with Crippen LogP contribution in [0.3, 0.4) is 0 Å². The molecule has 32 heavy (non-hydrogen) atoms. The molecule has 0 unspecified atom stereocenters. The number of aryl methyl sites for hydroxylation is 1. The zero-order valence-corrected chi connectivity index (χ0v) is 18.8. The lowest BCUT2D eigenvalue weighted by molar-refractivity contribution is -0.195. The number of carboxylic acids is 1. The molecule has 168 valence electrons. The molecule has 0 saturated heterocycles. The van der Waals surface area contributed by atoms with E-state index in [9.17, 15) is 18.7 Å². The zero-order chi connectivity index (χ0) is 23.1. The van der Waals surface area contributed by atoms with Crippen LogP contribution in [-0.2, 0) is 20.5 Å². The number of carbonyl (C=O) groups is 1. The Morgan fingerprint density at radius 3 is 2.50 bits per heavy atom. The van der Waals surface area contributed by atoms with Crippen LogP contribution in [0.2, 0.25) is 0 Å². The van der Waals surface area contributed by atoms with Gasteiger partial charge in [0, 0.05) is 27.7 Å². The molecule has 2 heterocycles. The van der Waals surface area contributed by atoms with Gasteiger partial charge in [0.05, 0.1) is 24.1 Å². The summed E-state index contributed by atoms with van der Waals surface area (Å²) in [7, 11) is 0. The van der Waals surface area contributed by atoms with Crippen molar-refractivity contribution in [2.24, 2.45) is 5.41 Å². The zero-order valence-electron chi connectivity index (χ0n) is 18.8. The molecule has 6 heteroatoms. The number of fused-ring (bicyclic) bond motifs is 4. The average Bonchev–Trinajstić information content (AvgIpc) is 3.01. The Balaban J connectivity index is 1.80. The second kappa shape index (κ2) is 6.64. The lowest BCUT2D eigenvalue weighted by atomic mass is 9.54. The number of halogens is 2. The normalized spacial score (nSPS) is 26.2. The topological polar surface area (TPSA) is 51.5 Å². The molecular weight excluding hydrogens is 412 g/mol. The van der Waals surface area contributed by atoms with Crippen molar-refractivity contribution in [3.8, 4) is 5.69 Å². The van der Waals surface area contributed by atoms with Crippen LogP contribution < -0.4 is 0 Å². The first-order valence-corrected chi connectivity index (χ1v) is 10.9. The van der Waals surface area contributed by atoms with E-state index in [4.69, 9.17) is 4.74 Å². The smallest absolute Gasteiger partial charge is 0.303 e. The number of aliphatic carboxylic acids is 1. The lowest BCUT2D eigenvalue weighted by Crippen LogP contribution is -2.55. The monoisotopic (exact) mass is 439 g/mol. The first kappa shape index (κ1) is 21.1. The van der Waals surface area contributed by atoms with Gasteiger partial charge in [-0.15, -0.1) is 0 Å². The predicted octanol–water partition coefficient (Wildman–Crippen LogP) is 6.00. The molecule has 5 rings (SSSR count). The maximum absolute atomic E-state index is 14.4. The summed E-state index contributed by atoms with van der Waals surface area (Å²) < 4.78 is 37.1. The van der Waals surface area contributed by atoms with E-state index < -0.39 is 11.6 Å². The number of nitrogens with zero attached hydrogens (tertiary/aromatic N) is 1. The average molecular weight is 440 g/mol. The van der Waals surface area contributed by atoms with Crippen LogP contribution in [-0.4, -0.2) is 22.2 Å². The largest absolute Gasteiger partial charge is 0.481 e. The van der Waals surface area contributed by atoms with Crippen molar-refractivity contribution in [1.82, 2.24) is 4.57 Å². The van der Waals surface area contributed by atoms with E-state index in [1.165, 1.54) is 12.1 Å². The summed E-state index contributed by atoms with van der Waals surface area (Å²) in [6.07, 6.45) is 1.20. The maximum atomic E-state index is 14.4. The molecule has 1 N–H and O–H groups in total. The molecule has 1 aliphatic carbocycles. The Bertz CT molecular complexity index is 1270. The van der Waals surface area contributed by atoms with E-state index >= 15 is 0 Å². The highest BCUT2D eigenvalue weighted by Gasteiger charge is 2.60. The minimum absolute atomic E-state index is 0.0704. The first-order chi connectivity index (χ1) is 14.9. The molecule has 0 bridgehead atoms. The van der Waals surface area contributed by atoms with E-state index in [1.807, 2.05) is 13.0 Å². The number of ether oxygens (including phenoxy) is 1. The van der Waals surface area contributed by atoms with Gasteiger partial charge in [0.2, 0.25) is 0 Å². The number of rotatable bonds is 3. The highest BCUT2D eigenvalue weighted by atomic mass is 19.1. The van der Waals surface area contributed by atoms with Crippen LogP contribution >= 0.6 is 0 Å². The fraction of sp³-hybridized carbons (Fsp3) is 0.423. The van der Waals surface area contributed by atoms with Crippen molar-refractivity contribution in [3.63, 3.8) is 0 Å². The van der Waals surface area contributed by atoms with Gasteiger partial charge in [-0.3, -0.25) is 4.79 Å². The van der Waals surface area contributed by atoms with Crippen molar-refractivity contribution < 1.29 is 23.4 Å². The molecule has 0 atom stereocenters. The van der Waals surface area contributed by atoms with Gasteiger partial charge >= 0.3 is 5.97 Å². The van der Waals surface area contributed by atoms with Crippen LogP contribution in [0.15, 0.2) is 36.4 Å². The fourth-order valence-electron chi connectivity index (χ4n) is 5.96. The molecular formula is C26H27F2NO3. The summed E-state index contributed by atoms with van der Waals surface area (Å²) in [5, 5.41) is 10.1. The van der Waals surface area contributed by atoms with Crippen molar-refractivity contribution in [1.29, 1.82) is 0 Å². The van der Waals surface area contributed by atoms with Crippen LogP contribution in [0.1, 0.15) is 56.9 Å². The lowest BCUT2D eigenvalue weighted by Gasteiger charge is -2.57. The van der Waals surface area contributed by atoms with Crippen LogP contribution in [0.25, 0.3) is 16.6 Å². The molecule has 3 aromatic rings. The maximum Gasteiger partial charge on any atom is 0.303 e. The minimum Gasteiger partial charge on any atom is -0.481 e. The predicted molar refractivity (Wildman–Crippen MR) is 118 cm³/mol. The van der Waals surface area contributed by atoms with Gasteiger partial charge in [-0.05, 0) is 67.1 Å². The Hall–Kier alpha value is -2.73. The third kappa shape index (κ3) is 2.99. The number of aromatic nitrogens is 1. The Morgan fingerprint density at radius 1 is 1.12 bits per heavy atom. The summed E-state index contributed by atoms with van der Waals surface area (Å²) in [5.41, 5.74) is 2.75. The highest BCUT2D eigenvalue weighted by Crippen LogP contribution is 2.63. The molecule has 1 aromatic heterocycles. The quantitative estimate of drug-likeness (QED) is 0.545. The summed E-state index contributed by atoms with van der Waals surface area (Å²) in [6.45, 7) is 8.35. The molecule has 1 aliphatic heterocycles. The van der Waals surface area contributed by atoms with Crippen molar-refractivity contribution in [3.05, 3.63) is 64.9 Å². The minimum atomic E-state index is -0.825. The fourth-order valence-corrected chi connectivity index (χ4v) is 5.96.